The molecule has 1 aliphatic rings. The number of aryl methyl sites for hydroxylation is 1. The van der Waals surface area contributed by atoms with Gasteiger partial charge in [-0.25, -0.2) is 4.98 Å². The van der Waals surface area contributed by atoms with Crippen LogP contribution in [0, 0.1) is 6.92 Å². The molecule has 19 heavy (non-hydrogen) atoms. The van der Waals surface area contributed by atoms with Crippen molar-refractivity contribution in [2.45, 2.75) is 38.5 Å². The van der Waals surface area contributed by atoms with Gasteiger partial charge in [0, 0.05) is 25.3 Å². The van der Waals surface area contributed by atoms with Crippen LogP contribution < -0.4 is 10.2 Å². The SMILES string of the molecule is Cc1cc(CNC2CC2)cc(N(C)CC(F)(F)F)n1. The Morgan fingerprint density at radius 3 is 2.63 bits per heavy atom. The van der Waals surface area contributed by atoms with E-state index >= 15 is 0 Å². The summed E-state index contributed by atoms with van der Waals surface area (Å²) in [5.74, 6) is 0.366. The molecule has 106 valence electrons. The first kappa shape index (κ1) is 14.1. The first-order valence-corrected chi connectivity index (χ1v) is 6.32. The van der Waals surface area contributed by atoms with Gasteiger partial charge in [0.05, 0.1) is 0 Å². The van der Waals surface area contributed by atoms with Crippen molar-refractivity contribution in [2.75, 3.05) is 18.5 Å². The van der Waals surface area contributed by atoms with Crippen LogP contribution in [0.3, 0.4) is 0 Å². The van der Waals surface area contributed by atoms with Crippen LogP contribution >= 0.6 is 0 Å². The van der Waals surface area contributed by atoms with Crippen molar-refractivity contribution in [3.05, 3.63) is 23.4 Å². The van der Waals surface area contributed by atoms with E-state index in [2.05, 4.69) is 10.3 Å². The van der Waals surface area contributed by atoms with Crippen molar-refractivity contribution in [3.8, 4) is 0 Å². The number of aromatic nitrogens is 1. The van der Waals surface area contributed by atoms with Gasteiger partial charge in [0.15, 0.2) is 0 Å². The second kappa shape index (κ2) is 5.36. The summed E-state index contributed by atoms with van der Waals surface area (Å²) in [7, 11) is 1.41. The van der Waals surface area contributed by atoms with E-state index in [1.165, 1.54) is 19.9 Å². The number of anilines is 1. The van der Waals surface area contributed by atoms with E-state index in [-0.39, 0.29) is 0 Å². The smallest absolute Gasteiger partial charge is 0.351 e. The fourth-order valence-electron chi connectivity index (χ4n) is 1.92. The Hall–Kier alpha value is -1.30. The molecule has 0 bridgehead atoms. The summed E-state index contributed by atoms with van der Waals surface area (Å²) in [4.78, 5) is 5.29. The summed E-state index contributed by atoms with van der Waals surface area (Å²) in [6.45, 7) is 1.49. The number of hydrogen-bond acceptors (Lipinski definition) is 3. The topological polar surface area (TPSA) is 28.2 Å². The number of pyridine rings is 1. The van der Waals surface area contributed by atoms with Gasteiger partial charge in [-0.1, -0.05) is 0 Å². The Labute approximate surface area is 110 Å². The molecule has 1 N–H and O–H groups in total. The molecule has 0 unspecified atom stereocenters. The quantitative estimate of drug-likeness (QED) is 0.894. The predicted molar refractivity (Wildman–Crippen MR) is 68.2 cm³/mol. The van der Waals surface area contributed by atoms with Crippen LogP contribution in [0.15, 0.2) is 12.1 Å². The minimum absolute atomic E-state index is 0.366. The van der Waals surface area contributed by atoms with Crippen molar-refractivity contribution >= 4 is 5.82 Å². The van der Waals surface area contributed by atoms with E-state index < -0.39 is 12.7 Å². The first-order valence-electron chi connectivity index (χ1n) is 6.32. The Bertz CT molecular complexity index is 441. The Kier molecular flexibility index (Phi) is 3.99. The van der Waals surface area contributed by atoms with Crippen molar-refractivity contribution < 1.29 is 13.2 Å². The second-order valence-electron chi connectivity index (χ2n) is 5.10. The molecule has 3 nitrogen and oxygen atoms in total. The third kappa shape index (κ3) is 4.70. The molecular formula is C13H18F3N3. The van der Waals surface area contributed by atoms with E-state index in [1.54, 1.807) is 13.0 Å². The number of nitrogens with one attached hydrogen (secondary N) is 1. The number of nitrogens with zero attached hydrogens (tertiary/aromatic N) is 2. The van der Waals surface area contributed by atoms with Gasteiger partial charge >= 0.3 is 6.18 Å². The highest BCUT2D eigenvalue weighted by atomic mass is 19.4. The highest BCUT2D eigenvalue weighted by Crippen LogP contribution is 2.22. The molecule has 1 aromatic rings. The minimum Gasteiger partial charge on any atom is -0.351 e. The summed E-state index contributed by atoms with van der Waals surface area (Å²) in [6, 6.07) is 4.19. The molecule has 0 radical (unpaired) electrons. The average Bonchev–Trinajstić information content (AvgIpc) is 3.07. The zero-order valence-corrected chi connectivity index (χ0v) is 11.1. The highest BCUT2D eigenvalue weighted by Gasteiger charge is 2.30. The molecule has 0 saturated heterocycles. The number of rotatable bonds is 5. The normalized spacial score (nSPS) is 15.6. The Morgan fingerprint density at radius 1 is 1.37 bits per heavy atom. The van der Waals surface area contributed by atoms with Gasteiger partial charge in [0.1, 0.15) is 12.4 Å². The second-order valence-corrected chi connectivity index (χ2v) is 5.10. The highest BCUT2D eigenvalue weighted by molar-refractivity contribution is 5.42. The molecule has 0 aliphatic heterocycles. The fraction of sp³-hybridized carbons (Fsp3) is 0.615. The van der Waals surface area contributed by atoms with Crippen molar-refractivity contribution in [2.24, 2.45) is 0 Å². The van der Waals surface area contributed by atoms with Gasteiger partial charge in [-0.05, 0) is 37.5 Å². The van der Waals surface area contributed by atoms with Crippen LogP contribution in [-0.4, -0.2) is 30.8 Å². The summed E-state index contributed by atoms with van der Waals surface area (Å²) in [6.07, 6.45) is -1.84. The predicted octanol–water partition coefficient (Wildman–Crippen LogP) is 2.64. The summed E-state index contributed by atoms with van der Waals surface area (Å²) in [5.41, 5.74) is 1.71. The zero-order valence-electron chi connectivity index (χ0n) is 11.1. The Balaban J connectivity index is 2.06. The fourth-order valence-corrected chi connectivity index (χ4v) is 1.92. The summed E-state index contributed by atoms with van der Waals surface area (Å²) < 4.78 is 37.1. The molecule has 0 amide bonds. The van der Waals surface area contributed by atoms with Gasteiger partial charge < -0.3 is 10.2 Å². The molecule has 1 heterocycles. The molecule has 6 heteroatoms. The molecule has 1 fully saturated rings. The van der Waals surface area contributed by atoms with Crippen LogP contribution in [0.4, 0.5) is 19.0 Å². The third-order valence-electron chi connectivity index (χ3n) is 2.98. The van der Waals surface area contributed by atoms with E-state index in [4.69, 9.17) is 0 Å². The van der Waals surface area contributed by atoms with Gasteiger partial charge in [-0.2, -0.15) is 13.2 Å². The lowest BCUT2D eigenvalue weighted by Gasteiger charge is -2.21. The largest absolute Gasteiger partial charge is 0.405 e. The lowest BCUT2D eigenvalue weighted by Crippen LogP contribution is -2.31. The molecule has 0 atom stereocenters. The van der Waals surface area contributed by atoms with Gasteiger partial charge in [-0.3, -0.25) is 0 Å². The maximum absolute atomic E-state index is 12.4. The van der Waals surface area contributed by atoms with Crippen molar-refractivity contribution in [1.82, 2.24) is 10.3 Å². The summed E-state index contributed by atoms with van der Waals surface area (Å²) in [5, 5.41) is 3.35. The van der Waals surface area contributed by atoms with Crippen LogP contribution in [-0.2, 0) is 6.54 Å². The maximum Gasteiger partial charge on any atom is 0.405 e. The first-order chi connectivity index (χ1) is 8.83. The van der Waals surface area contributed by atoms with E-state index in [0.717, 1.165) is 16.2 Å². The molecular weight excluding hydrogens is 255 g/mol. The van der Waals surface area contributed by atoms with E-state index in [1.807, 2.05) is 6.07 Å². The van der Waals surface area contributed by atoms with Crippen molar-refractivity contribution in [1.29, 1.82) is 0 Å². The number of halogens is 3. The van der Waals surface area contributed by atoms with Crippen LogP contribution in [0.2, 0.25) is 0 Å². The molecule has 1 aromatic heterocycles. The monoisotopic (exact) mass is 273 g/mol. The molecule has 1 aliphatic carbocycles. The molecule has 0 spiro atoms. The van der Waals surface area contributed by atoms with Crippen LogP contribution in [0.5, 0.6) is 0 Å². The lowest BCUT2D eigenvalue weighted by atomic mass is 10.2. The average molecular weight is 273 g/mol. The van der Waals surface area contributed by atoms with Gasteiger partial charge in [-0.15, -0.1) is 0 Å². The Morgan fingerprint density at radius 2 is 2.05 bits per heavy atom. The van der Waals surface area contributed by atoms with E-state index in [9.17, 15) is 13.2 Å². The maximum atomic E-state index is 12.4. The number of alkyl halides is 3. The third-order valence-corrected chi connectivity index (χ3v) is 2.98. The van der Waals surface area contributed by atoms with Gasteiger partial charge in [0.2, 0.25) is 0 Å². The zero-order chi connectivity index (χ0) is 14.0. The van der Waals surface area contributed by atoms with Gasteiger partial charge in [0.25, 0.3) is 0 Å². The standard InChI is InChI=1S/C13H18F3N3/c1-9-5-10(7-17-11-3-4-11)6-12(18-9)19(2)8-13(14,15)16/h5-6,11,17H,3-4,7-8H2,1-2H3. The van der Waals surface area contributed by atoms with Crippen molar-refractivity contribution in [3.63, 3.8) is 0 Å². The lowest BCUT2D eigenvalue weighted by molar-refractivity contribution is -0.119. The molecule has 1 saturated carbocycles. The number of hydrogen-bond donors (Lipinski definition) is 1. The van der Waals surface area contributed by atoms with E-state index in [0.29, 0.717) is 18.4 Å². The van der Waals surface area contributed by atoms with Crippen LogP contribution in [0.1, 0.15) is 24.1 Å². The van der Waals surface area contributed by atoms with Crippen LogP contribution in [0.25, 0.3) is 0 Å². The minimum atomic E-state index is -4.22. The summed E-state index contributed by atoms with van der Waals surface area (Å²) >= 11 is 0. The molecule has 0 aromatic carbocycles. The molecule has 2 rings (SSSR count).